The average Bonchev–Trinajstić information content (AvgIpc) is 3.24. The number of rotatable bonds is 7. The number of nitrogens with zero attached hydrogens (tertiary/aromatic N) is 2. The van der Waals surface area contributed by atoms with E-state index in [1.807, 2.05) is 0 Å². The summed E-state index contributed by atoms with van der Waals surface area (Å²) in [5.41, 5.74) is 6.96. The van der Waals surface area contributed by atoms with Crippen molar-refractivity contribution in [1.82, 2.24) is 9.21 Å². The number of hydrogen-bond acceptors (Lipinski definition) is 5. The molecule has 118 valence electrons. The SMILES string of the molecule is CN(CCNc1cccc(S(=O)(=O)N(C)C)c1N)C1CC1. The molecule has 0 saturated heterocycles. The van der Waals surface area contributed by atoms with Crippen molar-refractivity contribution in [2.24, 2.45) is 0 Å². The molecule has 1 fully saturated rings. The van der Waals surface area contributed by atoms with E-state index in [-0.39, 0.29) is 10.6 Å². The maximum atomic E-state index is 12.2. The molecule has 1 aromatic carbocycles. The van der Waals surface area contributed by atoms with Gasteiger partial charge in [-0.05, 0) is 32.0 Å². The van der Waals surface area contributed by atoms with E-state index < -0.39 is 10.0 Å². The Bertz CT molecular complexity index is 597. The molecule has 0 aliphatic heterocycles. The first-order chi connectivity index (χ1) is 9.84. The summed E-state index contributed by atoms with van der Waals surface area (Å²) in [5, 5.41) is 3.23. The summed E-state index contributed by atoms with van der Waals surface area (Å²) >= 11 is 0. The minimum Gasteiger partial charge on any atom is -0.396 e. The third-order valence-electron chi connectivity index (χ3n) is 3.77. The van der Waals surface area contributed by atoms with E-state index in [2.05, 4.69) is 17.3 Å². The van der Waals surface area contributed by atoms with Gasteiger partial charge in [0.2, 0.25) is 10.0 Å². The highest BCUT2D eigenvalue weighted by atomic mass is 32.2. The van der Waals surface area contributed by atoms with E-state index in [1.165, 1.54) is 37.3 Å². The fourth-order valence-corrected chi connectivity index (χ4v) is 3.22. The molecular formula is C14H24N4O2S. The summed E-state index contributed by atoms with van der Waals surface area (Å²) in [5.74, 6) is 0. The van der Waals surface area contributed by atoms with Gasteiger partial charge in [-0.2, -0.15) is 0 Å². The Labute approximate surface area is 127 Å². The van der Waals surface area contributed by atoms with Crippen molar-refractivity contribution < 1.29 is 8.42 Å². The number of para-hydroxylation sites is 1. The Hall–Kier alpha value is -1.31. The number of anilines is 2. The van der Waals surface area contributed by atoms with Gasteiger partial charge in [0.05, 0.1) is 11.4 Å². The first kappa shape index (κ1) is 16.1. The lowest BCUT2D eigenvalue weighted by Gasteiger charge is -2.19. The first-order valence-electron chi connectivity index (χ1n) is 7.09. The lowest BCUT2D eigenvalue weighted by atomic mass is 10.2. The minimum atomic E-state index is -3.52. The van der Waals surface area contributed by atoms with Gasteiger partial charge in [-0.3, -0.25) is 0 Å². The number of benzene rings is 1. The van der Waals surface area contributed by atoms with Crippen LogP contribution in [0, 0.1) is 0 Å². The van der Waals surface area contributed by atoms with Gasteiger partial charge >= 0.3 is 0 Å². The van der Waals surface area contributed by atoms with Gasteiger partial charge in [0.1, 0.15) is 4.90 Å². The standard InChI is InChI=1S/C14H24N4O2S/c1-17(2)21(19,20)13-6-4-5-12(14(13)15)16-9-10-18(3)11-7-8-11/h4-6,11,16H,7-10,15H2,1-3H3. The third-order valence-corrected chi connectivity index (χ3v) is 5.65. The van der Waals surface area contributed by atoms with Crippen molar-refractivity contribution in [2.45, 2.75) is 23.8 Å². The van der Waals surface area contributed by atoms with Crippen LogP contribution in [0.3, 0.4) is 0 Å². The fraction of sp³-hybridized carbons (Fsp3) is 0.571. The molecule has 3 N–H and O–H groups in total. The molecule has 6 nitrogen and oxygen atoms in total. The maximum Gasteiger partial charge on any atom is 0.244 e. The largest absolute Gasteiger partial charge is 0.396 e. The van der Waals surface area contributed by atoms with E-state index in [4.69, 9.17) is 5.73 Å². The molecule has 2 rings (SSSR count). The van der Waals surface area contributed by atoms with Gasteiger partial charge in [0, 0.05) is 33.2 Å². The van der Waals surface area contributed by atoms with E-state index >= 15 is 0 Å². The predicted molar refractivity (Wildman–Crippen MR) is 85.9 cm³/mol. The van der Waals surface area contributed by atoms with Crippen LogP contribution in [0.15, 0.2) is 23.1 Å². The van der Waals surface area contributed by atoms with Crippen LogP contribution in [-0.2, 0) is 10.0 Å². The quantitative estimate of drug-likeness (QED) is 0.735. The molecule has 1 aliphatic rings. The molecule has 7 heteroatoms. The lowest BCUT2D eigenvalue weighted by Crippen LogP contribution is -2.27. The van der Waals surface area contributed by atoms with Crippen molar-refractivity contribution in [3.63, 3.8) is 0 Å². The highest BCUT2D eigenvalue weighted by molar-refractivity contribution is 7.89. The second-order valence-electron chi connectivity index (χ2n) is 5.64. The molecule has 1 aliphatic carbocycles. The highest BCUT2D eigenvalue weighted by Crippen LogP contribution is 2.28. The zero-order valence-electron chi connectivity index (χ0n) is 12.8. The van der Waals surface area contributed by atoms with Crippen LogP contribution >= 0.6 is 0 Å². The summed E-state index contributed by atoms with van der Waals surface area (Å²) in [7, 11) is 1.59. The second-order valence-corrected chi connectivity index (χ2v) is 7.76. The van der Waals surface area contributed by atoms with Gasteiger partial charge in [0.25, 0.3) is 0 Å². The molecule has 0 heterocycles. The zero-order valence-corrected chi connectivity index (χ0v) is 13.7. The summed E-state index contributed by atoms with van der Waals surface area (Å²) in [6.45, 7) is 1.65. The van der Waals surface area contributed by atoms with Crippen LogP contribution in [0.4, 0.5) is 11.4 Å². The number of sulfonamides is 1. The number of nitrogen functional groups attached to an aromatic ring is 1. The Balaban J connectivity index is 2.07. The molecule has 1 saturated carbocycles. The van der Waals surface area contributed by atoms with Crippen molar-refractivity contribution in [3.8, 4) is 0 Å². The van der Waals surface area contributed by atoms with Gasteiger partial charge < -0.3 is 16.0 Å². The molecule has 0 spiro atoms. The van der Waals surface area contributed by atoms with Crippen LogP contribution in [-0.4, -0.2) is 57.9 Å². The van der Waals surface area contributed by atoms with Crippen molar-refractivity contribution >= 4 is 21.4 Å². The number of hydrogen-bond donors (Lipinski definition) is 2. The topological polar surface area (TPSA) is 78.7 Å². The molecule has 0 amide bonds. The Morgan fingerprint density at radius 3 is 2.52 bits per heavy atom. The average molecular weight is 312 g/mol. The van der Waals surface area contributed by atoms with E-state index in [0.29, 0.717) is 11.7 Å². The Morgan fingerprint density at radius 1 is 1.29 bits per heavy atom. The lowest BCUT2D eigenvalue weighted by molar-refractivity contribution is 0.337. The van der Waals surface area contributed by atoms with Crippen LogP contribution in [0.25, 0.3) is 0 Å². The first-order valence-corrected chi connectivity index (χ1v) is 8.53. The molecule has 0 bridgehead atoms. The second kappa shape index (κ2) is 6.21. The molecule has 0 unspecified atom stereocenters. The van der Waals surface area contributed by atoms with Gasteiger partial charge in [-0.25, -0.2) is 12.7 Å². The normalized spacial score (nSPS) is 15.7. The molecule has 1 aromatic rings. The molecule has 0 radical (unpaired) electrons. The molecule has 0 atom stereocenters. The summed E-state index contributed by atoms with van der Waals surface area (Å²) < 4.78 is 25.6. The van der Waals surface area contributed by atoms with Crippen molar-refractivity contribution in [2.75, 3.05) is 45.3 Å². The summed E-state index contributed by atoms with van der Waals surface area (Å²) in [4.78, 5) is 2.46. The Kier molecular flexibility index (Phi) is 4.75. The fourth-order valence-electron chi connectivity index (χ4n) is 2.18. The molecular weight excluding hydrogens is 288 g/mol. The molecule has 21 heavy (non-hydrogen) atoms. The van der Waals surface area contributed by atoms with E-state index in [9.17, 15) is 8.42 Å². The number of nitrogens with one attached hydrogen (secondary N) is 1. The highest BCUT2D eigenvalue weighted by Gasteiger charge is 2.25. The van der Waals surface area contributed by atoms with Gasteiger partial charge in [0.15, 0.2) is 0 Å². The summed E-state index contributed by atoms with van der Waals surface area (Å²) in [6, 6.07) is 5.76. The van der Waals surface area contributed by atoms with Crippen molar-refractivity contribution in [1.29, 1.82) is 0 Å². The maximum absolute atomic E-state index is 12.2. The summed E-state index contributed by atoms with van der Waals surface area (Å²) in [6.07, 6.45) is 2.55. The minimum absolute atomic E-state index is 0.146. The smallest absolute Gasteiger partial charge is 0.244 e. The van der Waals surface area contributed by atoms with Crippen LogP contribution in [0.5, 0.6) is 0 Å². The monoisotopic (exact) mass is 312 g/mol. The van der Waals surface area contributed by atoms with Crippen LogP contribution in [0.1, 0.15) is 12.8 Å². The van der Waals surface area contributed by atoms with Gasteiger partial charge in [-0.15, -0.1) is 0 Å². The van der Waals surface area contributed by atoms with E-state index in [1.54, 1.807) is 12.1 Å². The van der Waals surface area contributed by atoms with Crippen molar-refractivity contribution in [3.05, 3.63) is 18.2 Å². The number of likely N-dealkylation sites (N-methyl/N-ethyl adjacent to an activating group) is 1. The molecule has 0 aromatic heterocycles. The van der Waals surface area contributed by atoms with Crippen LogP contribution in [0.2, 0.25) is 0 Å². The Morgan fingerprint density at radius 2 is 1.95 bits per heavy atom. The third kappa shape index (κ3) is 3.66. The van der Waals surface area contributed by atoms with Crippen LogP contribution < -0.4 is 11.1 Å². The van der Waals surface area contributed by atoms with E-state index in [0.717, 1.165) is 13.1 Å². The predicted octanol–water partition coefficient (Wildman–Crippen LogP) is 1.03. The zero-order chi connectivity index (χ0) is 15.6. The number of nitrogens with two attached hydrogens (primary N) is 1. The van der Waals surface area contributed by atoms with Gasteiger partial charge in [-0.1, -0.05) is 6.07 Å².